The van der Waals surface area contributed by atoms with Crippen LogP contribution in [-0.4, -0.2) is 35.6 Å². The Bertz CT molecular complexity index is 208. The first-order chi connectivity index (χ1) is 7.13. The highest BCUT2D eigenvalue weighted by atomic mass is 16.4. The van der Waals surface area contributed by atoms with Crippen molar-refractivity contribution in [3.63, 3.8) is 0 Å². The second kappa shape index (κ2) is 5.95. The molecule has 3 N–H and O–H groups in total. The fourth-order valence-corrected chi connectivity index (χ4v) is 2.12. The van der Waals surface area contributed by atoms with E-state index in [9.17, 15) is 0 Å². The molecule has 1 aliphatic heterocycles. The quantitative estimate of drug-likeness (QED) is 0.239. The predicted octanol–water partition coefficient (Wildman–Crippen LogP) is 1.49. The lowest BCUT2D eigenvalue weighted by Crippen LogP contribution is -2.22. The molecule has 0 radical (unpaired) electrons. The fourth-order valence-electron chi connectivity index (χ4n) is 2.12. The number of amidine groups is 1. The molecule has 0 aromatic carbocycles. The third kappa shape index (κ3) is 4.08. The molecule has 0 bridgehead atoms. The zero-order chi connectivity index (χ0) is 11.3. The highest BCUT2D eigenvalue weighted by molar-refractivity contribution is 5.79. The third-order valence-electron chi connectivity index (χ3n) is 3.35. The van der Waals surface area contributed by atoms with Crippen LogP contribution in [0.1, 0.15) is 33.1 Å². The molecule has 2 atom stereocenters. The molecule has 1 rings (SSSR count). The molecule has 1 heterocycles. The van der Waals surface area contributed by atoms with Gasteiger partial charge in [0.15, 0.2) is 0 Å². The summed E-state index contributed by atoms with van der Waals surface area (Å²) in [5.41, 5.74) is 5.40. The van der Waals surface area contributed by atoms with Gasteiger partial charge >= 0.3 is 0 Å². The number of likely N-dealkylation sites (tertiary alicyclic amines) is 1. The molecule has 0 aliphatic carbocycles. The van der Waals surface area contributed by atoms with Crippen molar-refractivity contribution in [1.82, 2.24) is 4.90 Å². The minimum Gasteiger partial charge on any atom is -0.409 e. The van der Waals surface area contributed by atoms with Gasteiger partial charge in [0.2, 0.25) is 0 Å². The molecule has 2 unspecified atom stereocenters. The summed E-state index contributed by atoms with van der Waals surface area (Å²) in [7, 11) is 0. The second-order valence-corrected chi connectivity index (χ2v) is 4.76. The third-order valence-corrected chi connectivity index (χ3v) is 3.35. The maximum absolute atomic E-state index is 8.37. The molecule has 1 fully saturated rings. The lowest BCUT2D eigenvalue weighted by molar-refractivity contribution is 0.311. The molecule has 0 amide bonds. The van der Waals surface area contributed by atoms with E-state index in [0.29, 0.717) is 12.3 Å². The first-order valence-corrected chi connectivity index (χ1v) is 5.82. The Morgan fingerprint density at radius 2 is 1.93 bits per heavy atom. The molecule has 4 heteroatoms. The van der Waals surface area contributed by atoms with Gasteiger partial charge in [-0.3, -0.25) is 0 Å². The zero-order valence-corrected chi connectivity index (χ0v) is 9.82. The summed E-state index contributed by atoms with van der Waals surface area (Å²) in [5.74, 6) is 2.00. The highest BCUT2D eigenvalue weighted by Gasteiger charge is 2.24. The summed E-state index contributed by atoms with van der Waals surface area (Å²) in [6, 6.07) is 0. The molecule has 1 aliphatic rings. The zero-order valence-electron chi connectivity index (χ0n) is 9.82. The van der Waals surface area contributed by atoms with Crippen LogP contribution >= 0.6 is 0 Å². The van der Waals surface area contributed by atoms with Crippen molar-refractivity contribution >= 4 is 5.84 Å². The van der Waals surface area contributed by atoms with Crippen molar-refractivity contribution in [3.8, 4) is 0 Å². The van der Waals surface area contributed by atoms with Gasteiger partial charge in [-0.15, -0.1) is 0 Å². The number of hydrogen-bond donors (Lipinski definition) is 2. The van der Waals surface area contributed by atoms with E-state index in [1.165, 1.54) is 13.1 Å². The maximum atomic E-state index is 8.37. The first-order valence-electron chi connectivity index (χ1n) is 5.82. The SMILES string of the molecule is CC1CN(CCCCC(N)=NO)CC1C. The van der Waals surface area contributed by atoms with E-state index in [1.54, 1.807) is 0 Å². The average Bonchev–Trinajstić information content (AvgIpc) is 2.53. The van der Waals surface area contributed by atoms with Gasteiger partial charge in [0.05, 0.1) is 0 Å². The van der Waals surface area contributed by atoms with Crippen LogP contribution in [-0.2, 0) is 0 Å². The Morgan fingerprint density at radius 3 is 2.47 bits per heavy atom. The fraction of sp³-hybridized carbons (Fsp3) is 0.909. The van der Waals surface area contributed by atoms with Crippen molar-refractivity contribution in [2.24, 2.45) is 22.7 Å². The Hall–Kier alpha value is -0.770. The maximum Gasteiger partial charge on any atom is 0.139 e. The van der Waals surface area contributed by atoms with Crippen LogP contribution in [0, 0.1) is 11.8 Å². The molecule has 0 aromatic heterocycles. The number of oxime groups is 1. The summed E-state index contributed by atoms with van der Waals surface area (Å²) in [5, 5.41) is 11.3. The van der Waals surface area contributed by atoms with E-state index in [-0.39, 0.29) is 0 Å². The first kappa shape index (κ1) is 12.3. The van der Waals surface area contributed by atoms with Gasteiger partial charge in [-0.25, -0.2) is 0 Å². The van der Waals surface area contributed by atoms with Crippen LogP contribution in [0.5, 0.6) is 0 Å². The van der Waals surface area contributed by atoms with Crippen LogP contribution in [0.3, 0.4) is 0 Å². The standard InChI is InChI=1S/C11H23N3O/c1-9-7-14(8-10(9)2)6-4-3-5-11(12)13-15/h9-10,15H,3-8H2,1-2H3,(H2,12,13). The van der Waals surface area contributed by atoms with Gasteiger partial charge in [-0.05, 0) is 31.2 Å². The van der Waals surface area contributed by atoms with E-state index in [1.807, 2.05) is 0 Å². The number of nitrogens with two attached hydrogens (primary N) is 1. The van der Waals surface area contributed by atoms with Gasteiger partial charge < -0.3 is 15.8 Å². The van der Waals surface area contributed by atoms with E-state index >= 15 is 0 Å². The smallest absolute Gasteiger partial charge is 0.139 e. The number of unbranched alkanes of at least 4 members (excludes halogenated alkanes) is 1. The van der Waals surface area contributed by atoms with Gasteiger partial charge in [-0.2, -0.15) is 0 Å². The lowest BCUT2D eigenvalue weighted by Gasteiger charge is -2.14. The summed E-state index contributed by atoms with van der Waals surface area (Å²) >= 11 is 0. The van der Waals surface area contributed by atoms with E-state index < -0.39 is 0 Å². The molecule has 88 valence electrons. The van der Waals surface area contributed by atoms with Crippen LogP contribution in [0.15, 0.2) is 5.16 Å². The van der Waals surface area contributed by atoms with Crippen LogP contribution in [0.4, 0.5) is 0 Å². The van der Waals surface area contributed by atoms with Crippen molar-refractivity contribution in [3.05, 3.63) is 0 Å². The molecular weight excluding hydrogens is 190 g/mol. The summed E-state index contributed by atoms with van der Waals surface area (Å²) in [6.07, 6.45) is 2.85. The Kier molecular flexibility index (Phi) is 4.88. The molecule has 4 nitrogen and oxygen atoms in total. The molecule has 1 saturated heterocycles. The van der Waals surface area contributed by atoms with Crippen LogP contribution in [0.25, 0.3) is 0 Å². The largest absolute Gasteiger partial charge is 0.409 e. The number of rotatable bonds is 5. The monoisotopic (exact) mass is 213 g/mol. The van der Waals surface area contributed by atoms with Gasteiger partial charge in [0, 0.05) is 19.5 Å². The Morgan fingerprint density at radius 1 is 1.33 bits per heavy atom. The normalized spacial score (nSPS) is 28.5. The summed E-state index contributed by atoms with van der Waals surface area (Å²) < 4.78 is 0. The molecular formula is C11H23N3O. The van der Waals surface area contributed by atoms with E-state index in [0.717, 1.165) is 31.2 Å². The Balaban J connectivity index is 2.06. The minimum atomic E-state index is 0.346. The van der Waals surface area contributed by atoms with Crippen LogP contribution < -0.4 is 5.73 Å². The minimum absolute atomic E-state index is 0.346. The van der Waals surface area contributed by atoms with Gasteiger partial charge in [0.25, 0.3) is 0 Å². The molecule has 0 aromatic rings. The summed E-state index contributed by atoms with van der Waals surface area (Å²) in [6.45, 7) is 8.24. The van der Waals surface area contributed by atoms with Gasteiger partial charge in [0.1, 0.15) is 5.84 Å². The van der Waals surface area contributed by atoms with E-state index in [4.69, 9.17) is 10.9 Å². The topological polar surface area (TPSA) is 61.8 Å². The Labute approximate surface area is 92.1 Å². The van der Waals surface area contributed by atoms with Crippen molar-refractivity contribution in [2.45, 2.75) is 33.1 Å². The number of nitrogens with zero attached hydrogens (tertiary/aromatic N) is 2. The van der Waals surface area contributed by atoms with Crippen molar-refractivity contribution in [1.29, 1.82) is 0 Å². The second-order valence-electron chi connectivity index (χ2n) is 4.76. The van der Waals surface area contributed by atoms with E-state index in [2.05, 4.69) is 23.9 Å². The lowest BCUT2D eigenvalue weighted by atomic mass is 10.0. The molecule has 0 saturated carbocycles. The number of hydrogen-bond acceptors (Lipinski definition) is 3. The van der Waals surface area contributed by atoms with Crippen molar-refractivity contribution in [2.75, 3.05) is 19.6 Å². The summed E-state index contributed by atoms with van der Waals surface area (Å²) in [4.78, 5) is 2.52. The van der Waals surface area contributed by atoms with Crippen LogP contribution in [0.2, 0.25) is 0 Å². The van der Waals surface area contributed by atoms with Gasteiger partial charge in [-0.1, -0.05) is 19.0 Å². The van der Waals surface area contributed by atoms with Crippen molar-refractivity contribution < 1.29 is 5.21 Å². The highest BCUT2D eigenvalue weighted by Crippen LogP contribution is 2.22. The predicted molar refractivity (Wildman–Crippen MR) is 62.0 cm³/mol. The molecule has 15 heavy (non-hydrogen) atoms. The average molecular weight is 213 g/mol. The molecule has 0 spiro atoms.